The highest BCUT2D eigenvalue weighted by molar-refractivity contribution is 9.10. The van der Waals surface area contributed by atoms with Gasteiger partial charge < -0.3 is 5.32 Å². The van der Waals surface area contributed by atoms with E-state index in [1.165, 1.54) is 22.4 Å². The van der Waals surface area contributed by atoms with Gasteiger partial charge in [-0.05, 0) is 42.7 Å². The molecule has 0 spiro atoms. The van der Waals surface area contributed by atoms with Gasteiger partial charge in [-0.2, -0.15) is 0 Å². The summed E-state index contributed by atoms with van der Waals surface area (Å²) in [6, 6.07) is 14.8. The third-order valence-electron chi connectivity index (χ3n) is 2.81. The molecule has 88 valence electrons. The van der Waals surface area contributed by atoms with Gasteiger partial charge in [0.1, 0.15) is 0 Å². The van der Waals surface area contributed by atoms with Crippen molar-refractivity contribution in [1.82, 2.24) is 0 Å². The van der Waals surface area contributed by atoms with E-state index in [1.807, 2.05) is 6.07 Å². The zero-order valence-electron chi connectivity index (χ0n) is 10.1. The summed E-state index contributed by atoms with van der Waals surface area (Å²) in [5, 5.41) is 3.48. The van der Waals surface area contributed by atoms with E-state index in [1.54, 1.807) is 0 Å². The van der Waals surface area contributed by atoms with Crippen molar-refractivity contribution in [2.75, 3.05) is 5.32 Å². The van der Waals surface area contributed by atoms with Crippen LogP contribution in [0.5, 0.6) is 0 Å². The number of nitrogens with one attached hydrogen (secondary N) is 1. The van der Waals surface area contributed by atoms with Gasteiger partial charge in [0.15, 0.2) is 0 Å². The molecular weight excluding hydrogens is 274 g/mol. The van der Waals surface area contributed by atoms with Gasteiger partial charge in [0.25, 0.3) is 0 Å². The standard InChI is InChI=1S/C15H16BrN/c1-11-8-14(16)12(2)15(9-11)17-10-13-6-4-3-5-7-13/h3-9,17H,10H2,1-2H3. The Morgan fingerprint density at radius 1 is 1.06 bits per heavy atom. The van der Waals surface area contributed by atoms with Crippen molar-refractivity contribution in [1.29, 1.82) is 0 Å². The molecule has 0 bridgehead atoms. The Bertz CT molecular complexity index is 506. The van der Waals surface area contributed by atoms with Crippen LogP contribution in [-0.4, -0.2) is 0 Å². The molecule has 0 aliphatic carbocycles. The van der Waals surface area contributed by atoms with Crippen LogP contribution in [0.3, 0.4) is 0 Å². The molecule has 0 fully saturated rings. The first-order valence-corrected chi connectivity index (χ1v) is 6.50. The zero-order valence-corrected chi connectivity index (χ0v) is 11.7. The second-order valence-electron chi connectivity index (χ2n) is 4.26. The molecule has 1 nitrogen and oxygen atoms in total. The Morgan fingerprint density at radius 2 is 1.76 bits per heavy atom. The van der Waals surface area contributed by atoms with E-state index in [0.717, 1.165) is 11.0 Å². The minimum Gasteiger partial charge on any atom is -0.381 e. The van der Waals surface area contributed by atoms with Crippen LogP contribution in [0.4, 0.5) is 5.69 Å². The van der Waals surface area contributed by atoms with Crippen molar-refractivity contribution in [2.24, 2.45) is 0 Å². The Morgan fingerprint density at radius 3 is 2.47 bits per heavy atom. The average Bonchev–Trinajstić information content (AvgIpc) is 2.33. The van der Waals surface area contributed by atoms with E-state index in [4.69, 9.17) is 0 Å². The van der Waals surface area contributed by atoms with Crippen molar-refractivity contribution in [3.63, 3.8) is 0 Å². The lowest BCUT2D eigenvalue weighted by Crippen LogP contribution is -2.01. The highest BCUT2D eigenvalue weighted by Crippen LogP contribution is 2.26. The minimum absolute atomic E-state index is 0.859. The molecule has 2 aromatic rings. The van der Waals surface area contributed by atoms with Crippen LogP contribution in [0.25, 0.3) is 0 Å². The van der Waals surface area contributed by atoms with Crippen LogP contribution < -0.4 is 5.32 Å². The smallest absolute Gasteiger partial charge is 0.0400 e. The summed E-state index contributed by atoms with van der Waals surface area (Å²) < 4.78 is 1.16. The van der Waals surface area contributed by atoms with E-state index in [-0.39, 0.29) is 0 Å². The molecule has 1 N–H and O–H groups in total. The topological polar surface area (TPSA) is 12.0 Å². The van der Waals surface area contributed by atoms with E-state index < -0.39 is 0 Å². The normalized spacial score (nSPS) is 10.3. The molecule has 0 saturated carbocycles. The van der Waals surface area contributed by atoms with E-state index in [9.17, 15) is 0 Å². The Labute approximate surface area is 111 Å². The molecule has 0 atom stereocenters. The van der Waals surface area contributed by atoms with Gasteiger partial charge in [-0.3, -0.25) is 0 Å². The molecule has 0 radical (unpaired) electrons. The Kier molecular flexibility index (Phi) is 3.85. The predicted octanol–water partition coefficient (Wildman–Crippen LogP) is 4.68. The lowest BCUT2D eigenvalue weighted by atomic mass is 10.1. The molecule has 2 aromatic carbocycles. The summed E-state index contributed by atoms with van der Waals surface area (Å²) in [7, 11) is 0. The second-order valence-corrected chi connectivity index (χ2v) is 5.11. The number of anilines is 1. The van der Waals surface area contributed by atoms with Crippen LogP contribution >= 0.6 is 15.9 Å². The molecule has 0 amide bonds. The van der Waals surface area contributed by atoms with Gasteiger partial charge in [-0.25, -0.2) is 0 Å². The Balaban J connectivity index is 2.14. The molecule has 0 heterocycles. The van der Waals surface area contributed by atoms with Gasteiger partial charge in [-0.1, -0.05) is 46.3 Å². The molecule has 2 heteroatoms. The summed E-state index contributed by atoms with van der Waals surface area (Å²) in [6.45, 7) is 5.09. The maximum atomic E-state index is 3.58. The van der Waals surface area contributed by atoms with Gasteiger partial charge in [0.2, 0.25) is 0 Å². The van der Waals surface area contributed by atoms with E-state index >= 15 is 0 Å². The van der Waals surface area contributed by atoms with Crippen LogP contribution in [-0.2, 0) is 6.54 Å². The van der Waals surface area contributed by atoms with Gasteiger partial charge in [0, 0.05) is 16.7 Å². The molecule has 17 heavy (non-hydrogen) atoms. The summed E-state index contributed by atoms with van der Waals surface area (Å²) in [6.07, 6.45) is 0. The van der Waals surface area contributed by atoms with Gasteiger partial charge in [0.05, 0.1) is 0 Å². The second kappa shape index (κ2) is 5.37. The number of halogens is 1. The van der Waals surface area contributed by atoms with Crippen LogP contribution in [0.15, 0.2) is 46.9 Å². The summed E-state index contributed by atoms with van der Waals surface area (Å²) in [5.74, 6) is 0. The first kappa shape index (κ1) is 12.2. The maximum absolute atomic E-state index is 3.58. The highest BCUT2D eigenvalue weighted by Gasteiger charge is 2.03. The quantitative estimate of drug-likeness (QED) is 0.865. The largest absolute Gasteiger partial charge is 0.381 e. The SMILES string of the molecule is Cc1cc(Br)c(C)c(NCc2ccccc2)c1. The van der Waals surface area contributed by atoms with Crippen LogP contribution in [0.1, 0.15) is 16.7 Å². The molecule has 2 rings (SSSR count). The Hall–Kier alpha value is -1.28. The van der Waals surface area contributed by atoms with Crippen molar-refractivity contribution in [2.45, 2.75) is 20.4 Å². The van der Waals surface area contributed by atoms with Crippen molar-refractivity contribution in [3.05, 3.63) is 63.6 Å². The fourth-order valence-electron chi connectivity index (χ4n) is 1.79. The third-order valence-corrected chi connectivity index (χ3v) is 3.64. The predicted molar refractivity (Wildman–Crippen MR) is 77.4 cm³/mol. The number of hydrogen-bond donors (Lipinski definition) is 1. The van der Waals surface area contributed by atoms with Crippen molar-refractivity contribution >= 4 is 21.6 Å². The van der Waals surface area contributed by atoms with Crippen molar-refractivity contribution < 1.29 is 0 Å². The molecule has 0 aliphatic rings. The molecule has 0 aromatic heterocycles. The summed E-state index contributed by atoms with van der Waals surface area (Å²) >= 11 is 3.58. The van der Waals surface area contributed by atoms with Crippen LogP contribution in [0, 0.1) is 13.8 Å². The number of rotatable bonds is 3. The molecule has 0 unspecified atom stereocenters. The minimum atomic E-state index is 0.859. The van der Waals surface area contributed by atoms with Gasteiger partial charge >= 0.3 is 0 Å². The molecular formula is C15H16BrN. The third kappa shape index (κ3) is 3.10. The highest BCUT2D eigenvalue weighted by atomic mass is 79.9. The maximum Gasteiger partial charge on any atom is 0.0400 e. The monoisotopic (exact) mass is 289 g/mol. The zero-order chi connectivity index (χ0) is 12.3. The lowest BCUT2D eigenvalue weighted by molar-refractivity contribution is 1.13. The van der Waals surface area contributed by atoms with Crippen LogP contribution in [0.2, 0.25) is 0 Å². The summed E-state index contributed by atoms with van der Waals surface area (Å²) in [5.41, 5.74) is 5.01. The number of benzene rings is 2. The molecule has 0 saturated heterocycles. The first-order valence-electron chi connectivity index (χ1n) is 5.71. The summed E-state index contributed by atoms with van der Waals surface area (Å²) in [4.78, 5) is 0. The van der Waals surface area contributed by atoms with Gasteiger partial charge in [-0.15, -0.1) is 0 Å². The fraction of sp³-hybridized carbons (Fsp3) is 0.200. The van der Waals surface area contributed by atoms with E-state index in [0.29, 0.717) is 0 Å². The van der Waals surface area contributed by atoms with E-state index in [2.05, 4.69) is 71.5 Å². The molecule has 0 aliphatic heterocycles. The number of hydrogen-bond acceptors (Lipinski definition) is 1. The first-order chi connectivity index (χ1) is 8.16. The lowest BCUT2D eigenvalue weighted by Gasteiger charge is -2.12. The fourth-order valence-corrected chi connectivity index (χ4v) is 2.37. The number of aryl methyl sites for hydroxylation is 1. The average molecular weight is 290 g/mol. The van der Waals surface area contributed by atoms with Crippen molar-refractivity contribution in [3.8, 4) is 0 Å².